The number of nitrogens with zero attached hydrogens (tertiary/aromatic N) is 1. The van der Waals surface area contributed by atoms with Gasteiger partial charge in [0.1, 0.15) is 0 Å². The molecular formula is C23H33NO2Si. The van der Waals surface area contributed by atoms with E-state index >= 15 is 0 Å². The second-order valence-corrected chi connectivity index (χ2v) is 13.4. The zero-order valence-corrected chi connectivity index (χ0v) is 18.4. The van der Waals surface area contributed by atoms with Crippen molar-refractivity contribution in [3.63, 3.8) is 0 Å². The first kappa shape index (κ1) is 21.5. The first-order valence-corrected chi connectivity index (χ1v) is 12.5. The van der Waals surface area contributed by atoms with Gasteiger partial charge in [0.15, 0.2) is 8.32 Å². The lowest BCUT2D eigenvalue weighted by Crippen LogP contribution is -2.44. The van der Waals surface area contributed by atoms with Crippen LogP contribution in [-0.2, 0) is 4.43 Å². The van der Waals surface area contributed by atoms with Crippen molar-refractivity contribution in [1.82, 2.24) is 0 Å². The van der Waals surface area contributed by atoms with E-state index in [0.717, 1.165) is 16.8 Å². The molecule has 0 saturated heterocycles. The molecule has 0 heterocycles. The lowest BCUT2D eigenvalue weighted by Gasteiger charge is -2.37. The average molecular weight is 384 g/mol. The van der Waals surface area contributed by atoms with Gasteiger partial charge in [-0.25, -0.2) is 0 Å². The first-order chi connectivity index (χ1) is 12.6. The smallest absolute Gasteiger partial charge is 0.192 e. The Morgan fingerprint density at radius 2 is 1.41 bits per heavy atom. The second kappa shape index (κ2) is 8.96. The minimum atomic E-state index is -1.90. The van der Waals surface area contributed by atoms with Gasteiger partial charge in [0, 0.05) is 11.1 Å². The fourth-order valence-corrected chi connectivity index (χ4v) is 3.49. The van der Waals surface area contributed by atoms with Crippen LogP contribution in [0.15, 0.2) is 65.7 Å². The van der Waals surface area contributed by atoms with Gasteiger partial charge in [-0.3, -0.25) is 4.99 Å². The van der Waals surface area contributed by atoms with Gasteiger partial charge in [-0.2, -0.15) is 0 Å². The van der Waals surface area contributed by atoms with Crippen molar-refractivity contribution in [1.29, 1.82) is 0 Å². The van der Waals surface area contributed by atoms with E-state index in [4.69, 9.17) is 9.42 Å². The third-order valence-electron chi connectivity index (χ3n) is 5.37. The number of aliphatic imine (C=N–C) groups is 1. The summed E-state index contributed by atoms with van der Waals surface area (Å²) in [6.45, 7) is 13.3. The maximum absolute atomic E-state index is 10.4. The summed E-state index contributed by atoms with van der Waals surface area (Å²) in [5.41, 5.74) is 2.98. The van der Waals surface area contributed by atoms with Crippen molar-refractivity contribution >= 4 is 14.0 Å². The molecule has 0 spiro atoms. The number of rotatable bonds is 7. The molecule has 0 fully saturated rings. The van der Waals surface area contributed by atoms with Gasteiger partial charge in [0.2, 0.25) is 0 Å². The fraction of sp³-hybridized carbons (Fsp3) is 0.435. The first-order valence-electron chi connectivity index (χ1n) is 9.62. The molecule has 0 aliphatic carbocycles. The third kappa shape index (κ3) is 5.86. The van der Waals surface area contributed by atoms with E-state index in [1.54, 1.807) is 6.92 Å². The molecule has 27 heavy (non-hydrogen) atoms. The quantitative estimate of drug-likeness (QED) is 0.521. The summed E-state index contributed by atoms with van der Waals surface area (Å²) in [6.07, 6.45) is -0.586. The van der Waals surface area contributed by atoms with Crippen LogP contribution in [0, 0.1) is 0 Å². The largest absolute Gasteiger partial charge is 0.415 e. The van der Waals surface area contributed by atoms with Gasteiger partial charge in [0.25, 0.3) is 0 Å². The summed E-state index contributed by atoms with van der Waals surface area (Å²) < 4.78 is 6.36. The topological polar surface area (TPSA) is 41.8 Å². The summed E-state index contributed by atoms with van der Waals surface area (Å²) >= 11 is 0. The van der Waals surface area contributed by atoms with Gasteiger partial charge < -0.3 is 9.53 Å². The molecule has 0 aromatic heterocycles. The van der Waals surface area contributed by atoms with Crippen LogP contribution >= 0.6 is 0 Å². The van der Waals surface area contributed by atoms with Crippen LogP contribution in [-0.4, -0.2) is 37.9 Å². The van der Waals surface area contributed by atoms with Gasteiger partial charge >= 0.3 is 0 Å². The van der Waals surface area contributed by atoms with E-state index in [-0.39, 0.29) is 11.1 Å². The molecule has 0 saturated carbocycles. The van der Waals surface area contributed by atoms with Crippen LogP contribution in [0.5, 0.6) is 0 Å². The Kier molecular flexibility index (Phi) is 7.15. The molecule has 2 aromatic rings. The van der Waals surface area contributed by atoms with Crippen molar-refractivity contribution in [3.8, 4) is 0 Å². The standard InChI is InChI=1S/C23H33NO2Si/c1-18(25)21(17-26-27(5,6)23(2,3)4)24-22(19-13-9-7-10-14-19)20-15-11-8-12-16-20/h7-16,18,21,25H,17H2,1-6H3/t18-,21-/m1/s1. The molecule has 0 bridgehead atoms. The Bertz CT molecular complexity index is 692. The molecule has 3 nitrogen and oxygen atoms in total. The number of benzene rings is 2. The molecule has 2 atom stereocenters. The highest BCUT2D eigenvalue weighted by atomic mass is 28.4. The zero-order valence-electron chi connectivity index (χ0n) is 17.4. The maximum Gasteiger partial charge on any atom is 0.192 e. The summed E-state index contributed by atoms with van der Waals surface area (Å²) in [6, 6.07) is 20.0. The van der Waals surface area contributed by atoms with Crippen molar-refractivity contribution in [2.24, 2.45) is 4.99 Å². The maximum atomic E-state index is 10.4. The van der Waals surface area contributed by atoms with E-state index in [1.807, 2.05) is 36.4 Å². The van der Waals surface area contributed by atoms with Crippen LogP contribution in [0.25, 0.3) is 0 Å². The molecule has 146 valence electrons. The summed E-state index contributed by atoms with van der Waals surface area (Å²) in [4.78, 5) is 4.97. The Morgan fingerprint density at radius 3 is 1.78 bits per heavy atom. The van der Waals surface area contributed by atoms with Gasteiger partial charge in [-0.05, 0) is 25.1 Å². The second-order valence-electron chi connectivity index (χ2n) is 8.59. The number of hydrogen-bond donors (Lipinski definition) is 1. The normalized spacial score (nSPS) is 14.5. The summed E-state index contributed by atoms with van der Waals surface area (Å²) in [7, 11) is -1.90. The lowest BCUT2D eigenvalue weighted by molar-refractivity contribution is 0.127. The third-order valence-corrected chi connectivity index (χ3v) is 9.87. The highest BCUT2D eigenvalue weighted by molar-refractivity contribution is 6.74. The monoisotopic (exact) mass is 383 g/mol. The lowest BCUT2D eigenvalue weighted by atomic mass is 10.0. The van der Waals surface area contributed by atoms with E-state index in [1.165, 1.54) is 0 Å². The Morgan fingerprint density at radius 1 is 0.963 bits per heavy atom. The van der Waals surface area contributed by atoms with Crippen LogP contribution in [0.3, 0.4) is 0 Å². The predicted octanol–water partition coefficient (Wildman–Crippen LogP) is 5.30. The van der Waals surface area contributed by atoms with E-state index < -0.39 is 14.4 Å². The molecule has 2 aromatic carbocycles. The van der Waals surface area contributed by atoms with Crippen molar-refractivity contribution in [2.45, 2.75) is 58.0 Å². The summed E-state index contributed by atoms with van der Waals surface area (Å²) in [5, 5.41) is 10.5. The minimum Gasteiger partial charge on any atom is -0.415 e. The summed E-state index contributed by atoms with van der Waals surface area (Å²) in [5.74, 6) is 0. The van der Waals surface area contributed by atoms with Crippen molar-refractivity contribution in [2.75, 3.05) is 6.61 Å². The Labute approximate surface area is 165 Å². The van der Waals surface area contributed by atoms with Crippen LogP contribution in [0.1, 0.15) is 38.8 Å². The number of hydrogen-bond acceptors (Lipinski definition) is 3. The van der Waals surface area contributed by atoms with Gasteiger partial charge in [-0.1, -0.05) is 81.4 Å². The Hall–Kier alpha value is -1.75. The zero-order chi connectivity index (χ0) is 20.1. The average Bonchev–Trinajstić information content (AvgIpc) is 2.62. The molecule has 0 aliphatic heterocycles. The highest BCUT2D eigenvalue weighted by Gasteiger charge is 2.38. The minimum absolute atomic E-state index is 0.127. The number of aliphatic hydroxyl groups excluding tert-OH is 1. The van der Waals surface area contributed by atoms with E-state index in [0.29, 0.717) is 6.61 Å². The molecular weight excluding hydrogens is 350 g/mol. The highest BCUT2D eigenvalue weighted by Crippen LogP contribution is 2.36. The Balaban J connectivity index is 2.36. The number of aliphatic hydroxyl groups is 1. The molecule has 2 rings (SSSR count). The molecule has 4 heteroatoms. The molecule has 0 unspecified atom stereocenters. The SMILES string of the molecule is C[C@@H](O)[C@@H](CO[Si](C)(C)C(C)(C)C)N=C(c1ccccc1)c1ccccc1. The van der Waals surface area contributed by atoms with Crippen LogP contribution < -0.4 is 0 Å². The molecule has 0 amide bonds. The van der Waals surface area contributed by atoms with E-state index in [9.17, 15) is 5.11 Å². The van der Waals surface area contributed by atoms with Crippen LogP contribution in [0.4, 0.5) is 0 Å². The van der Waals surface area contributed by atoms with Crippen molar-refractivity contribution in [3.05, 3.63) is 71.8 Å². The van der Waals surface area contributed by atoms with Gasteiger partial charge in [0.05, 0.1) is 24.5 Å². The molecule has 1 N–H and O–H groups in total. The fourth-order valence-electron chi connectivity index (χ4n) is 2.47. The van der Waals surface area contributed by atoms with Crippen molar-refractivity contribution < 1.29 is 9.53 Å². The molecule has 0 aliphatic rings. The molecule has 0 radical (unpaired) electrons. The van der Waals surface area contributed by atoms with Crippen LogP contribution in [0.2, 0.25) is 18.1 Å². The van der Waals surface area contributed by atoms with Gasteiger partial charge in [-0.15, -0.1) is 0 Å². The predicted molar refractivity (Wildman–Crippen MR) is 117 cm³/mol. The van der Waals surface area contributed by atoms with E-state index in [2.05, 4.69) is 58.1 Å².